The zero-order valence-electron chi connectivity index (χ0n) is 19.1. The average molecular weight is 437 g/mol. The van der Waals surface area contributed by atoms with E-state index in [2.05, 4.69) is 34.4 Å². The fourth-order valence-electron chi connectivity index (χ4n) is 3.72. The van der Waals surface area contributed by atoms with Crippen molar-refractivity contribution >= 4 is 11.6 Å². The van der Waals surface area contributed by atoms with Gasteiger partial charge in [-0.2, -0.15) is 0 Å². The van der Waals surface area contributed by atoms with Gasteiger partial charge < -0.3 is 29.7 Å². The minimum atomic E-state index is 0.192. The van der Waals surface area contributed by atoms with E-state index in [0.29, 0.717) is 24.1 Å². The highest BCUT2D eigenvalue weighted by atomic mass is 16.5. The second kappa shape index (κ2) is 11.8. The zero-order valence-corrected chi connectivity index (χ0v) is 19.1. The number of nitrogens with one attached hydrogen (secondary N) is 2. The van der Waals surface area contributed by atoms with Gasteiger partial charge in [-0.25, -0.2) is 4.99 Å². The third-order valence-corrected chi connectivity index (χ3v) is 5.26. The van der Waals surface area contributed by atoms with E-state index in [1.54, 1.807) is 14.2 Å². The van der Waals surface area contributed by atoms with E-state index < -0.39 is 0 Å². The molecule has 1 atom stereocenters. The third-order valence-electron chi connectivity index (χ3n) is 5.26. The van der Waals surface area contributed by atoms with Crippen molar-refractivity contribution in [2.45, 2.75) is 25.9 Å². The van der Waals surface area contributed by atoms with Crippen LogP contribution in [0.5, 0.6) is 17.2 Å². The summed E-state index contributed by atoms with van der Waals surface area (Å²) in [7, 11) is 3.32. The lowest BCUT2D eigenvalue weighted by atomic mass is 10.2. The topological polar surface area (TPSA) is 67.4 Å². The lowest BCUT2D eigenvalue weighted by molar-refractivity contribution is 0.330. The summed E-state index contributed by atoms with van der Waals surface area (Å²) in [6, 6.07) is 14.2. The van der Waals surface area contributed by atoms with Gasteiger partial charge in [-0.1, -0.05) is 24.1 Å². The molecule has 1 unspecified atom stereocenters. The van der Waals surface area contributed by atoms with Gasteiger partial charge in [-0.05, 0) is 43.2 Å². The summed E-state index contributed by atoms with van der Waals surface area (Å²) < 4.78 is 16.5. The van der Waals surface area contributed by atoms with Gasteiger partial charge in [0, 0.05) is 25.7 Å². The van der Waals surface area contributed by atoms with Crippen LogP contribution in [0.25, 0.3) is 0 Å². The zero-order chi connectivity index (χ0) is 22.8. The van der Waals surface area contributed by atoms with E-state index in [-0.39, 0.29) is 6.61 Å². The Balaban J connectivity index is 1.65. The Morgan fingerprint density at radius 2 is 1.97 bits per heavy atom. The molecule has 0 bridgehead atoms. The van der Waals surface area contributed by atoms with E-state index >= 15 is 0 Å². The first-order valence-electron chi connectivity index (χ1n) is 10.8. The Morgan fingerprint density at radius 1 is 1.16 bits per heavy atom. The number of benzene rings is 2. The van der Waals surface area contributed by atoms with E-state index in [4.69, 9.17) is 25.6 Å². The highest BCUT2D eigenvalue weighted by Crippen LogP contribution is 2.30. The molecule has 0 spiro atoms. The van der Waals surface area contributed by atoms with Crippen molar-refractivity contribution in [2.75, 3.05) is 45.4 Å². The van der Waals surface area contributed by atoms with E-state index in [9.17, 15) is 0 Å². The van der Waals surface area contributed by atoms with Crippen LogP contribution in [0.2, 0.25) is 0 Å². The van der Waals surface area contributed by atoms with Crippen molar-refractivity contribution in [3.05, 3.63) is 48.0 Å². The Labute approximate surface area is 190 Å². The van der Waals surface area contributed by atoms with Gasteiger partial charge in [0.15, 0.2) is 17.5 Å². The molecule has 0 aliphatic carbocycles. The van der Waals surface area contributed by atoms with Gasteiger partial charge in [0.1, 0.15) is 12.4 Å². The number of guanidine groups is 1. The van der Waals surface area contributed by atoms with Gasteiger partial charge in [-0.3, -0.25) is 0 Å². The van der Waals surface area contributed by atoms with Crippen molar-refractivity contribution in [2.24, 2.45) is 4.99 Å². The lowest BCUT2D eigenvalue weighted by Crippen LogP contribution is -2.44. The number of hydrogen-bond acceptors (Lipinski definition) is 5. The molecular weight excluding hydrogens is 404 g/mol. The SMILES string of the molecule is C#CCOc1cc(CN=C(NCC)NC2CCN(c3ccccc3OC)C2)ccc1OC. The Bertz CT molecular complexity index is 954. The number of hydrogen-bond donors (Lipinski definition) is 2. The van der Waals surface area contributed by atoms with Crippen LogP contribution in [0.1, 0.15) is 18.9 Å². The minimum Gasteiger partial charge on any atom is -0.495 e. The van der Waals surface area contributed by atoms with E-state index in [0.717, 1.165) is 49.0 Å². The maximum atomic E-state index is 5.60. The maximum Gasteiger partial charge on any atom is 0.191 e. The minimum absolute atomic E-state index is 0.192. The first-order valence-corrected chi connectivity index (χ1v) is 10.8. The number of nitrogens with zero attached hydrogens (tertiary/aromatic N) is 2. The fourth-order valence-corrected chi connectivity index (χ4v) is 3.72. The molecule has 32 heavy (non-hydrogen) atoms. The summed E-state index contributed by atoms with van der Waals surface area (Å²) in [6.07, 6.45) is 6.34. The van der Waals surface area contributed by atoms with Crippen molar-refractivity contribution in [1.82, 2.24) is 10.6 Å². The van der Waals surface area contributed by atoms with Gasteiger partial charge >= 0.3 is 0 Å². The molecule has 2 aromatic rings. The predicted octanol–water partition coefficient (Wildman–Crippen LogP) is 3.05. The second-order valence-electron chi connectivity index (χ2n) is 7.42. The van der Waals surface area contributed by atoms with Crippen LogP contribution in [0.4, 0.5) is 5.69 Å². The molecule has 7 heteroatoms. The normalized spacial score (nSPS) is 15.8. The summed E-state index contributed by atoms with van der Waals surface area (Å²) in [5.41, 5.74) is 2.14. The number of ether oxygens (including phenoxy) is 3. The molecule has 0 amide bonds. The largest absolute Gasteiger partial charge is 0.495 e. The third kappa shape index (κ3) is 6.01. The maximum absolute atomic E-state index is 5.60. The van der Waals surface area contributed by atoms with Gasteiger partial charge in [0.05, 0.1) is 26.5 Å². The van der Waals surface area contributed by atoms with Gasteiger partial charge in [0.2, 0.25) is 0 Å². The molecule has 1 aliphatic heterocycles. The van der Waals surface area contributed by atoms with Crippen molar-refractivity contribution in [3.63, 3.8) is 0 Å². The molecule has 170 valence electrons. The molecule has 0 aromatic heterocycles. The summed E-state index contributed by atoms with van der Waals surface area (Å²) in [5, 5.41) is 6.91. The molecular formula is C25H32N4O3. The Morgan fingerprint density at radius 3 is 2.72 bits per heavy atom. The average Bonchev–Trinajstić information content (AvgIpc) is 3.29. The predicted molar refractivity (Wildman–Crippen MR) is 129 cm³/mol. The molecule has 0 radical (unpaired) electrons. The molecule has 1 aliphatic rings. The summed E-state index contributed by atoms with van der Waals surface area (Å²) in [4.78, 5) is 7.12. The lowest BCUT2D eigenvalue weighted by Gasteiger charge is -2.22. The van der Waals surface area contributed by atoms with Crippen molar-refractivity contribution < 1.29 is 14.2 Å². The number of aliphatic imine (C=N–C) groups is 1. The summed E-state index contributed by atoms with van der Waals surface area (Å²) in [5.74, 6) is 5.45. The standard InChI is InChI=1S/C25H32N4O3/c1-5-15-32-24-16-19(11-12-23(24)31-4)17-27-25(26-6-2)28-20-13-14-29(18-20)21-9-7-8-10-22(21)30-3/h1,7-12,16,20H,6,13-15,17-18H2,2-4H3,(H2,26,27,28). The van der Waals surface area contributed by atoms with Crippen LogP contribution < -0.4 is 29.7 Å². The summed E-state index contributed by atoms with van der Waals surface area (Å²) >= 11 is 0. The Kier molecular flexibility index (Phi) is 8.50. The van der Waals surface area contributed by atoms with Crippen molar-refractivity contribution in [1.29, 1.82) is 0 Å². The van der Waals surface area contributed by atoms with Crippen molar-refractivity contribution in [3.8, 4) is 29.6 Å². The summed E-state index contributed by atoms with van der Waals surface area (Å²) in [6.45, 7) is 5.40. The number of para-hydroxylation sites is 2. The van der Waals surface area contributed by atoms with Crippen LogP contribution in [0.3, 0.4) is 0 Å². The van der Waals surface area contributed by atoms with Gasteiger partial charge in [-0.15, -0.1) is 6.42 Å². The number of anilines is 1. The highest BCUT2D eigenvalue weighted by molar-refractivity contribution is 5.80. The monoisotopic (exact) mass is 436 g/mol. The molecule has 2 aromatic carbocycles. The molecule has 1 saturated heterocycles. The smallest absolute Gasteiger partial charge is 0.191 e. The molecule has 3 rings (SSSR count). The molecule has 7 nitrogen and oxygen atoms in total. The first-order chi connectivity index (χ1) is 15.7. The fraction of sp³-hybridized carbons (Fsp3) is 0.400. The second-order valence-corrected chi connectivity index (χ2v) is 7.42. The number of methoxy groups -OCH3 is 2. The van der Waals surface area contributed by atoms with Gasteiger partial charge in [0.25, 0.3) is 0 Å². The van der Waals surface area contributed by atoms with Crippen LogP contribution in [-0.4, -0.2) is 52.5 Å². The number of terminal acetylenes is 1. The molecule has 2 N–H and O–H groups in total. The van der Waals surface area contributed by atoms with E-state index in [1.165, 1.54) is 0 Å². The van der Waals surface area contributed by atoms with Crippen LogP contribution in [0.15, 0.2) is 47.5 Å². The van der Waals surface area contributed by atoms with Crippen LogP contribution >= 0.6 is 0 Å². The quantitative estimate of drug-likeness (QED) is 0.358. The molecule has 1 fully saturated rings. The Hall–Kier alpha value is -3.53. The van der Waals surface area contributed by atoms with Crippen LogP contribution in [-0.2, 0) is 6.54 Å². The first kappa shape index (κ1) is 23.1. The molecule has 1 heterocycles. The molecule has 0 saturated carbocycles. The van der Waals surface area contributed by atoms with E-state index in [1.807, 2.05) is 36.4 Å². The number of rotatable bonds is 9. The highest BCUT2D eigenvalue weighted by Gasteiger charge is 2.25. The van der Waals surface area contributed by atoms with Crippen LogP contribution in [0, 0.1) is 12.3 Å².